The molecule has 1 aliphatic carbocycles. The van der Waals surface area contributed by atoms with Crippen molar-refractivity contribution >= 4 is 0 Å². The van der Waals surface area contributed by atoms with Crippen molar-refractivity contribution in [3.8, 4) is 0 Å². The van der Waals surface area contributed by atoms with Crippen molar-refractivity contribution in [1.29, 1.82) is 0 Å². The van der Waals surface area contributed by atoms with Gasteiger partial charge >= 0.3 is 0 Å². The Morgan fingerprint density at radius 2 is 2.31 bits per heavy atom. The molecular formula is C10H16N2O. The van der Waals surface area contributed by atoms with Gasteiger partial charge in [0, 0.05) is 7.05 Å². The zero-order valence-electron chi connectivity index (χ0n) is 8.20. The van der Waals surface area contributed by atoms with Crippen LogP contribution in [0.4, 0.5) is 0 Å². The standard InChI is InChI=1S/C10H16N2O/c1-7-6-9(12(2)11-7)10(13)8-4-3-5-8/h6,8,10,13H,3-5H2,1-2H3. The van der Waals surface area contributed by atoms with Crippen LogP contribution in [0.5, 0.6) is 0 Å². The molecule has 13 heavy (non-hydrogen) atoms. The minimum absolute atomic E-state index is 0.306. The first-order valence-electron chi connectivity index (χ1n) is 4.87. The van der Waals surface area contributed by atoms with E-state index in [4.69, 9.17) is 0 Å². The van der Waals surface area contributed by atoms with Crippen LogP contribution >= 0.6 is 0 Å². The van der Waals surface area contributed by atoms with Gasteiger partial charge in [-0.05, 0) is 31.7 Å². The molecule has 0 bridgehead atoms. The predicted molar refractivity (Wildman–Crippen MR) is 50.2 cm³/mol. The van der Waals surface area contributed by atoms with Gasteiger partial charge in [-0.15, -0.1) is 0 Å². The largest absolute Gasteiger partial charge is 0.387 e. The zero-order valence-corrected chi connectivity index (χ0v) is 8.20. The fraction of sp³-hybridized carbons (Fsp3) is 0.700. The topological polar surface area (TPSA) is 38.0 Å². The smallest absolute Gasteiger partial charge is 0.0984 e. The lowest BCUT2D eigenvalue weighted by Crippen LogP contribution is -2.21. The first-order valence-corrected chi connectivity index (χ1v) is 4.87. The van der Waals surface area contributed by atoms with Gasteiger partial charge in [0.05, 0.1) is 17.5 Å². The number of hydrogen-bond acceptors (Lipinski definition) is 2. The molecule has 1 atom stereocenters. The molecule has 1 heterocycles. The first kappa shape index (κ1) is 8.75. The van der Waals surface area contributed by atoms with Crippen LogP contribution in [-0.2, 0) is 7.05 Å². The lowest BCUT2D eigenvalue weighted by Gasteiger charge is -2.30. The second kappa shape index (κ2) is 3.14. The molecule has 1 aliphatic rings. The summed E-state index contributed by atoms with van der Waals surface area (Å²) in [5.74, 6) is 0.467. The Labute approximate surface area is 78.4 Å². The molecule has 1 saturated carbocycles. The van der Waals surface area contributed by atoms with Gasteiger partial charge in [-0.25, -0.2) is 0 Å². The van der Waals surface area contributed by atoms with Crippen molar-refractivity contribution in [2.75, 3.05) is 0 Å². The van der Waals surface area contributed by atoms with Gasteiger partial charge in [-0.2, -0.15) is 5.10 Å². The van der Waals surface area contributed by atoms with Crippen LogP contribution < -0.4 is 0 Å². The van der Waals surface area contributed by atoms with E-state index in [2.05, 4.69) is 5.10 Å². The number of nitrogens with zero attached hydrogens (tertiary/aromatic N) is 2. The Hall–Kier alpha value is -0.830. The van der Waals surface area contributed by atoms with Crippen LogP contribution in [-0.4, -0.2) is 14.9 Å². The van der Waals surface area contributed by atoms with E-state index < -0.39 is 0 Å². The maximum Gasteiger partial charge on any atom is 0.0984 e. The highest BCUT2D eigenvalue weighted by molar-refractivity contribution is 5.12. The second-order valence-electron chi connectivity index (χ2n) is 3.97. The lowest BCUT2D eigenvalue weighted by molar-refractivity contribution is 0.0556. The van der Waals surface area contributed by atoms with Gasteiger partial charge in [0.1, 0.15) is 0 Å². The highest BCUT2D eigenvalue weighted by atomic mass is 16.3. The molecule has 1 fully saturated rings. The van der Waals surface area contributed by atoms with Gasteiger partial charge in [-0.3, -0.25) is 4.68 Å². The summed E-state index contributed by atoms with van der Waals surface area (Å²) in [6.45, 7) is 1.96. The Morgan fingerprint density at radius 3 is 2.69 bits per heavy atom. The fourth-order valence-corrected chi connectivity index (χ4v) is 1.90. The van der Waals surface area contributed by atoms with Crippen molar-refractivity contribution in [1.82, 2.24) is 9.78 Å². The van der Waals surface area contributed by atoms with Crippen LogP contribution in [0.1, 0.15) is 36.8 Å². The van der Waals surface area contributed by atoms with Crippen LogP contribution in [0, 0.1) is 12.8 Å². The summed E-state index contributed by atoms with van der Waals surface area (Å²) in [6, 6.07) is 1.98. The monoisotopic (exact) mass is 180 g/mol. The van der Waals surface area contributed by atoms with E-state index in [0.29, 0.717) is 5.92 Å². The van der Waals surface area contributed by atoms with Gasteiger partial charge in [0.25, 0.3) is 0 Å². The highest BCUT2D eigenvalue weighted by Gasteiger charge is 2.28. The second-order valence-corrected chi connectivity index (χ2v) is 3.97. The van der Waals surface area contributed by atoms with Gasteiger partial charge in [0.15, 0.2) is 0 Å². The third kappa shape index (κ3) is 1.48. The number of aliphatic hydroxyl groups is 1. The Balaban J connectivity index is 2.18. The molecule has 1 aromatic rings. The third-order valence-corrected chi connectivity index (χ3v) is 2.94. The predicted octanol–water partition coefficient (Wildman–Crippen LogP) is 1.56. The number of aromatic nitrogens is 2. The van der Waals surface area contributed by atoms with E-state index in [1.54, 1.807) is 4.68 Å². The number of rotatable bonds is 2. The molecule has 3 nitrogen and oxygen atoms in total. The minimum atomic E-state index is -0.306. The van der Waals surface area contributed by atoms with Crippen LogP contribution in [0.2, 0.25) is 0 Å². The van der Waals surface area contributed by atoms with Crippen LogP contribution in [0.3, 0.4) is 0 Å². The Morgan fingerprint density at radius 1 is 1.62 bits per heavy atom. The van der Waals surface area contributed by atoms with Gasteiger partial charge < -0.3 is 5.11 Å². The van der Waals surface area contributed by atoms with Crippen molar-refractivity contribution in [3.05, 3.63) is 17.5 Å². The first-order chi connectivity index (χ1) is 6.18. The Bertz CT molecular complexity index is 302. The van der Waals surface area contributed by atoms with Crippen molar-refractivity contribution in [2.24, 2.45) is 13.0 Å². The van der Waals surface area contributed by atoms with Crippen molar-refractivity contribution < 1.29 is 5.11 Å². The van der Waals surface area contributed by atoms with E-state index in [1.165, 1.54) is 6.42 Å². The number of hydrogen-bond donors (Lipinski definition) is 1. The van der Waals surface area contributed by atoms with E-state index in [-0.39, 0.29) is 6.10 Å². The molecule has 1 unspecified atom stereocenters. The molecule has 0 radical (unpaired) electrons. The number of aryl methyl sites for hydroxylation is 2. The summed E-state index contributed by atoms with van der Waals surface area (Å²) in [5, 5.41) is 14.2. The van der Waals surface area contributed by atoms with E-state index in [9.17, 15) is 5.11 Å². The highest BCUT2D eigenvalue weighted by Crippen LogP contribution is 2.37. The maximum absolute atomic E-state index is 9.97. The summed E-state index contributed by atoms with van der Waals surface area (Å²) in [6.07, 6.45) is 3.27. The average Bonchev–Trinajstić information content (AvgIpc) is 2.26. The fourth-order valence-electron chi connectivity index (χ4n) is 1.90. The maximum atomic E-state index is 9.97. The lowest BCUT2D eigenvalue weighted by atomic mass is 9.80. The molecule has 0 amide bonds. The molecule has 0 saturated heterocycles. The quantitative estimate of drug-likeness (QED) is 0.750. The SMILES string of the molecule is Cc1cc(C(O)C2CCC2)n(C)n1. The molecule has 72 valence electrons. The summed E-state index contributed by atoms with van der Waals surface area (Å²) >= 11 is 0. The van der Waals surface area contributed by atoms with E-state index in [1.807, 2.05) is 20.0 Å². The molecule has 0 aliphatic heterocycles. The summed E-state index contributed by atoms with van der Waals surface area (Å²) in [5.41, 5.74) is 1.94. The summed E-state index contributed by atoms with van der Waals surface area (Å²) in [7, 11) is 1.89. The molecule has 0 spiro atoms. The third-order valence-electron chi connectivity index (χ3n) is 2.94. The van der Waals surface area contributed by atoms with Crippen LogP contribution in [0.15, 0.2) is 6.07 Å². The minimum Gasteiger partial charge on any atom is -0.387 e. The molecule has 1 N–H and O–H groups in total. The summed E-state index contributed by atoms with van der Waals surface area (Å²) in [4.78, 5) is 0. The molecular weight excluding hydrogens is 164 g/mol. The van der Waals surface area contributed by atoms with Gasteiger partial charge in [0.2, 0.25) is 0 Å². The molecule has 0 aromatic carbocycles. The van der Waals surface area contributed by atoms with E-state index >= 15 is 0 Å². The van der Waals surface area contributed by atoms with Crippen LogP contribution in [0.25, 0.3) is 0 Å². The molecule has 2 rings (SSSR count). The number of aliphatic hydroxyl groups excluding tert-OH is 1. The Kier molecular flexibility index (Phi) is 2.12. The van der Waals surface area contributed by atoms with Crippen molar-refractivity contribution in [2.45, 2.75) is 32.3 Å². The van der Waals surface area contributed by atoms with E-state index in [0.717, 1.165) is 24.2 Å². The normalized spacial score (nSPS) is 19.9. The van der Waals surface area contributed by atoms with Gasteiger partial charge in [-0.1, -0.05) is 6.42 Å². The zero-order chi connectivity index (χ0) is 9.42. The van der Waals surface area contributed by atoms with Crippen molar-refractivity contribution in [3.63, 3.8) is 0 Å². The molecule has 1 aromatic heterocycles. The molecule has 3 heteroatoms. The average molecular weight is 180 g/mol. The summed E-state index contributed by atoms with van der Waals surface area (Å²) < 4.78 is 1.79.